The van der Waals surface area contributed by atoms with E-state index in [4.69, 9.17) is 16.3 Å². The molecule has 0 aliphatic carbocycles. The highest BCUT2D eigenvalue weighted by Gasteiger charge is 2.22. The van der Waals surface area contributed by atoms with Crippen LogP contribution in [-0.2, 0) is 29.6 Å². The fourth-order valence-electron chi connectivity index (χ4n) is 3.68. The van der Waals surface area contributed by atoms with E-state index in [0.717, 1.165) is 25.1 Å². The third-order valence-electron chi connectivity index (χ3n) is 5.45. The summed E-state index contributed by atoms with van der Waals surface area (Å²) in [5.41, 5.74) is 4.71. The van der Waals surface area contributed by atoms with Gasteiger partial charge in [0.05, 0.1) is 16.8 Å². The molecule has 0 saturated carbocycles. The first-order valence-electron chi connectivity index (χ1n) is 10.3. The summed E-state index contributed by atoms with van der Waals surface area (Å²) in [6.45, 7) is 5.63. The van der Waals surface area contributed by atoms with Gasteiger partial charge in [-0.05, 0) is 61.7 Å². The van der Waals surface area contributed by atoms with E-state index in [9.17, 15) is 8.42 Å². The van der Waals surface area contributed by atoms with Gasteiger partial charge in [0, 0.05) is 18.1 Å². The fraction of sp³-hybridized carbons (Fsp3) is 0.304. The Balaban J connectivity index is 1.57. The SMILES string of the molecule is Cc1cnc(NS(=O)(=O)c2cccc(Cl)c2C)c(OCc2ccc3c(c2)CN(C)CC3)n1. The molecule has 1 aromatic heterocycles. The minimum Gasteiger partial charge on any atom is -0.470 e. The maximum atomic E-state index is 13.0. The average Bonchev–Trinajstić information content (AvgIpc) is 2.75. The van der Waals surface area contributed by atoms with E-state index in [-0.39, 0.29) is 23.2 Å². The summed E-state index contributed by atoms with van der Waals surface area (Å²) in [6.07, 6.45) is 2.52. The molecule has 2 heterocycles. The Kier molecular flexibility index (Phi) is 6.37. The standard InChI is InChI=1S/C23H25ClN4O3S/c1-15-12-25-22(27-32(29,30)21-6-4-5-20(24)16(21)2)23(26-15)31-14-17-7-8-18-9-10-28(3)13-19(18)11-17/h4-8,11-12H,9-10,13-14H2,1-3H3,(H,25,27). The first kappa shape index (κ1) is 22.5. The van der Waals surface area contributed by atoms with Gasteiger partial charge in [-0.3, -0.25) is 4.72 Å². The monoisotopic (exact) mass is 472 g/mol. The van der Waals surface area contributed by atoms with Crippen LogP contribution in [0.5, 0.6) is 5.88 Å². The number of anilines is 1. The molecule has 168 valence electrons. The summed E-state index contributed by atoms with van der Waals surface area (Å²) in [4.78, 5) is 10.9. The molecule has 9 heteroatoms. The Morgan fingerprint density at radius 3 is 2.81 bits per heavy atom. The molecule has 0 amide bonds. The molecule has 2 aromatic carbocycles. The van der Waals surface area contributed by atoms with E-state index in [1.807, 2.05) is 6.07 Å². The third-order valence-corrected chi connectivity index (χ3v) is 7.34. The molecule has 0 fully saturated rings. The van der Waals surface area contributed by atoms with Gasteiger partial charge in [-0.1, -0.05) is 35.9 Å². The predicted octanol–water partition coefficient (Wildman–Crippen LogP) is 4.11. The molecule has 0 spiro atoms. The quantitative estimate of drug-likeness (QED) is 0.581. The number of hydrogen-bond donors (Lipinski definition) is 1. The second-order valence-electron chi connectivity index (χ2n) is 8.01. The number of sulfonamides is 1. The number of aromatic nitrogens is 2. The highest BCUT2D eigenvalue weighted by molar-refractivity contribution is 7.92. The summed E-state index contributed by atoms with van der Waals surface area (Å²) >= 11 is 6.10. The maximum Gasteiger partial charge on any atom is 0.263 e. The molecule has 7 nitrogen and oxygen atoms in total. The van der Waals surface area contributed by atoms with Crippen LogP contribution < -0.4 is 9.46 Å². The van der Waals surface area contributed by atoms with Gasteiger partial charge in [-0.15, -0.1) is 0 Å². The second-order valence-corrected chi connectivity index (χ2v) is 10.1. The van der Waals surface area contributed by atoms with Crippen molar-refractivity contribution in [2.75, 3.05) is 18.3 Å². The lowest BCUT2D eigenvalue weighted by molar-refractivity contribution is 0.291. The highest BCUT2D eigenvalue weighted by Crippen LogP contribution is 2.28. The second kappa shape index (κ2) is 9.05. The topological polar surface area (TPSA) is 84.4 Å². The van der Waals surface area contributed by atoms with Gasteiger partial charge in [0.2, 0.25) is 5.82 Å². The molecule has 1 N–H and O–H groups in total. The summed E-state index contributed by atoms with van der Waals surface area (Å²) in [6, 6.07) is 11.0. The number of nitrogens with one attached hydrogen (secondary N) is 1. The Bertz CT molecular complexity index is 1260. The van der Waals surface area contributed by atoms with Crippen molar-refractivity contribution >= 4 is 27.4 Å². The molecule has 3 aromatic rings. The van der Waals surface area contributed by atoms with E-state index >= 15 is 0 Å². The third kappa shape index (κ3) is 4.87. The first-order valence-corrected chi connectivity index (χ1v) is 12.1. The summed E-state index contributed by atoms with van der Waals surface area (Å²) < 4.78 is 34.4. The lowest BCUT2D eigenvalue weighted by Crippen LogP contribution is -2.26. The number of halogens is 1. The van der Waals surface area contributed by atoms with E-state index in [0.29, 0.717) is 16.3 Å². The lowest BCUT2D eigenvalue weighted by Gasteiger charge is -2.25. The van der Waals surface area contributed by atoms with Crippen molar-refractivity contribution in [3.8, 4) is 5.88 Å². The average molecular weight is 473 g/mol. The van der Waals surface area contributed by atoms with Crippen LogP contribution in [0.15, 0.2) is 47.5 Å². The number of fused-ring (bicyclic) bond motifs is 1. The van der Waals surface area contributed by atoms with Gasteiger partial charge in [0.25, 0.3) is 15.9 Å². The van der Waals surface area contributed by atoms with Crippen LogP contribution in [0.2, 0.25) is 5.02 Å². The van der Waals surface area contributed by atoms with Gasteiger partial charge in [0.15, 0.2) is 0 Å². The van der Waals surface area contributed by atoms with E-state index in [1.165, 1.54) is 23.4 Å². The molecule has 0 unspecified atom stereocenters. The highest BCUT2D eigenvalue weighted by atomic mass is 35.5. The van der Waals surface area contributed by atoms with Gasteiger partial charge < -0.3 is 9.64 Å². The summed E-state index contributed by atoms with van der Waals surface area (Å²) in [5.74, 6) is 0.163. The minimum absolute atomic E-state index is 0.0349. The Morgan fingerprint density at radius 2 is 2.00 bits per heavy atom. The van der Waals surface area contributed by atoms with Gasteiger partial charge >= 0.3 is 0 Å². The molecule has 0 saturated heterocycles. The Morgan fingerprint density at radius 1 is 1.19 bits per heavy atom. The molecule has 0 atom stereocenters. The minimum atomic E-state index is -3.93. The number of aryl methyl sites for hydroxylation is 1. The zero-order valence-corrected chi connectivity index (χ0v) is 19.8. The van der Waals surface area contributed by atoms with Crippen LogP contribution in [0.3, 0.4) is 0 Å². The number of benzene rings is 2. The lowest BCUT2D eigenvalue weighted by atomic mass is 9.98. The van der Waals surface area contributed by atoms with E-state index in [1.54, 1.807) is 26.0 Å². The van der Waals surface area contributed by atoms with Crippen molar-refractivity contribution in [1.82, 2.24) is 14.9 Å². The number of nitrogens with zero attached hydrogens (tertiary/aromatic N) is 3. The largest absolute Gasteiger partial charge is 0.470 e. The predicted molar refractivity (Wildman–Crippen MR) is 125 cm³/mol. The molecule has 32 heavy (non-hydrogen) atoms. The van der Waals surface area contributed by atoms with Crippen LogP contribution in [0.1, 0.15) is 27.9 Å². The molecular weight excluding hydrogens is 448 g/mol. The van der Waals surface area contributed by atoms with Crippen LogP contribution >= 0.6 is 11.6 Å². The van der Waals surface area contributed by atoms with E-state index < -0.39 is 10.0 Å². The number of ether oxygens (including phenoxy) is 1. The first-order chi connectivity index (χ1) is 15.2. The summed E-state index contributed by atoms with van der Waals surface area (Å²) in [7, 11) is -1.82. The van der Waals surface area contributed by atoms with Gasteiger partial charge in [0.1, 0.15) is 6.61 Å². The fourth-order valence-corrected chi connectivity index (χ4v) is 5.19. The van der Waals surface area contributed by atoms with Crippen molar-refractivity contribution in [2.24, 2.45) is 0 Å². The van der Waals surface area contributed by atoms with E-state index in [2.05, 4.69) is 38.8 Å². The molecule has 1 aliphatic heterocycles. The molecule has 0 bridgehead atoms. The number of rotatable bonds is 6. The Hall–Kier alpha value is -2.68. The normalized spacial score (nSPS) is 14.1. The molecule has 0 radical (unpaired) electrons. The molecule has 1 aliphatic rings. The van der Waals surface area contributed by atoms with Crippen molar-refractivity contribution in [2.45, 2.75) is 38.3 Å². The number of hydrogen-bond acceptors (Lipinski definition) is 6. The molecular formula is C23H25ClN4O3S. The van der Waals surface area contributed by atoms with Gasteiger partial charge in [-0.25, -0.2) is 18.4 Å². The Labute approximate surface area is 193 Å². The van der Waals surface area contributed by atoms with Crippen LogP contribution in [-0.4, -0.2) is 36.9 Å². The smallest absolute Gasteiger partial charge is 0.263 e. The van der Waals surface area contributed by atoms with Crippen LogP contribution in [0.25, 0.3) is 0 Å². The van der Waals surface area contributed by atoms with Crippen molar-refractivity contribution in [3.63, 3.8) is 0 Å². The summed E-state index contributed by atoms with van der Waals surface area (Å²) in [5, 5.41) is 0.373. The molecule has 4 rings (SSSR count). The zero-order valence-electron chi connectivity index (χ0n) is 18.2. The maximum absolute atomic E-state index is 13.0. The number of likely N-dealkylation sites (N-methyl/N-ethyl adjacent to an activating group) is 1. The van der Waals surface area contributed by atoms with Gasteiger partial charge in [-0.2, -0.15) is 0 Å². The van der Waals surface area contributed by atoms with Crippen molar-refractivity contribution in [1.29, 1.82) is 0 Å². The van der Waals surface area contributed by atoms with Crippen LogP contribution in [0, 0.1) is 13.8 Å². The van der Waals surface area contributed by atoms with Crippen molar-refractivity contribution < 1.29 is 13.2 Å². The van der Waals surface area contributed by atoms with Crippen LogP contribution in [0.4, 0.5) is 5.82 Å². The van der Waals surface area contributed by atoms with Crippen molar-refractivity contribution in [3.05, 3.63) is 75.6 Å². The zero-order chi connectivity index (χ0) is 22.9.